The van der Waals surface area contributed by atoms with Gasteiger partial charge in [-0.1, -0.05) is 30.7 Å². The number of rotatable bonds is 13. The second-order valence-electron chi connectivity index (χ2n) is 12.3. The van der Waals surface area contributed by atoms with Crippen molar-refractivity contribution in [1.29, 1.82) is 0 Å². The smallest absolute Gasteiger partial charge is 0.393 e. The number of Topliss-reactive ketones (excluding diaryl/α,β-unsaturated/α-hetero) is 1. The van der Waals surface area contributed by atoms with Crippen molar-refractivity contribution in [2.45, 2.75) is 109 Å². The summed E-state index contributed by atoms with van der Waals surface area (Å²) in [6, 6.07) is 9.80. The van der Waals surface area contributed by atoms with Crippen molar-refractivity contribution in [3.8, 4) is 0 Å². The number of thiophene rings is 1. The molecule has 0 spiro atoms. The van der Waals surface area contributed by atoms with Crippen LogP contribution in [0.5, 0.6) is 0 Å². The number of nitrogens with one attached hydrogen (secondary N) is 1. The lowest BCUT2D eigenvalue weighted by Crippen LogP contribution is -2.33. The third-order valence-corrected chi connectivity index (χ3v) is 8.64. The second kappa shape index (κ2) is 14.2. The molecule has 2 atom stereocenters. The van der Waals surface area contributed by atoms with E-state index in [0.29, 0.717) is 53.4 Å². The third-order valence-electron chi connectivity index (χ3n) is 7.60. The van der Waals surface area contributed by atoms with Crippen LogP contribution in [-0.4, -0.2) is 52.6 Å². The van der Waals surface area contributed by atoms with E-state index >= 15 is 0 Å². The number of anilines is 1. The van der Waals surface area contributed by atoms with E-state index < -0.39 is 18.2 Å². The number of hydrogen-bond acceptors (Lipinski definition) is 8. The van der Waals surface area contributed by atoms with Crippen molar-refractivity contribution in [2.75, 3.05) is 11.9 Å². The Kier molecular flexibility index (Phi) is 10.8. The van der Waals surface area contributed by atoms with E-state index in [9.17, 15) is 22.8 Å². The first kappa shape index (κ1) is 32.9. The highest BCUT2D eigenvalue weighted by atomic mass is 32.1. The molecule has 1 fully saturated rings. The average Bonchev–Trinajstić information content (AvgIpc) is 3.56. The molecule has 2 heterocycles. The second-order valence-corrected chi connectivity index (χ2v) is 13.5. The van der Waals surface area contributed by atoms with Crippen LogP contribution < -0.4 is 10.2 Å². The number of fused-ring (bicyclic) bond motifs is 1. The molecule has 1 N–H and O–H groups in total. The molecule has 1 saturated carbocycles. The Morgan fingerprint density at radius 2 is 1.77 bits per heavy atom. The van der Waals surface area contributed by atoms with Crippen LogP contribution in [0, 0.1) is 0 Å². The molecular weight excluding hydrogens is 577 g/mol. The molecule has 0 radical (unpaired) electrons. The fourth-order valence-corrected chi connectivity index (χ4v) is 6.49. The van der Waals surface area contributed by atoms with Crippen LogP contribution in [0.25, 0.3) is 10.2 Å². The molecular formula is C32H41F3N4O3S. The van der Waals surface area contributed by atoms with Gasteiger partial charge in [0.2, 0.25) is 0 Å². The minimum atomic E-state index is -4.26. The molecule has 0 unspecified atom stereocenters. The van der Waals surface area contributed by atoms with Crippen molar-refractivity contribution < 1.29 is 27.5 Å². The summed E-state index contributed by atoms with van der Waals surface area (Å²) in [7, 11) is 1.95. The maximum Gasteiger partial charge on any atom is 0.393 e. The lowest BCUT2D eigenvalue weighted by molar-refractivity contribution is -0.154. The number of ether oxygens (including phenoxy) is 1. The Bertz CT molecular complexity index is 1390. The van der Waals surface area contributed by atoms with Gasteiger partial charge < -0.3 is 15.0 Å². The zero-order chi connectivity index (χ0) is 31.2. The Hall–Kier alpha value is -3.05. The number of nitrogens with zero attached hydrogens (tertiary/aromatic N) is 3. The van der Waals surface area contributed by atoms with Gasteiger partial charge in [0.05, 0.1) is 11.8 Å². The van der Waals surface area contributed by atoms with E-state index in [1.807, 2.05) is 52.1 Å². The van der Waals surface area contributed by atoms with Gasteiger partial charge in [-0.2, -0.15) is 13.2 Å². The summed E-state index contributed by atoms with van der Waals surface area (Å²) in [5.41, 5.74) is 1.32. The van der Waals surface area contributed by atoms with Gasteiger partial charge in [-0.15, -0.1) is 11.3 Å². The molecule has 0 amide bonds. The summed E-state index contributed by atoms with van der Waals surface area (Å²) in [5.74, 6) is 0.576. The monoisotopic (exact) mass is 618 g/mol. The average molecular weight is 619 g/mol. The Balaban J connectivity index is 1.20. The molecule has 11 heteroatoms. The van der Waals surface area contributed by atoms with Gasteiger partial charge in [0.25, 0.3) is 0 Å². The van der Waals surface area contributed by atoms with Crippen molar-refractivity contribution in [1.82, 2.24) is 15.3 Å². The van der Waals surface area contributed by atoms with Crippen LogP contribution in [0.3, 0.4) is 0 Å². The molecule has 0 aliphatic heterocycles. The van der Waals surface area contributed by atoms with Gasteiger partial charge in [0.15, 0.2) is 5.78 Å². The number of halogens is 3. The van der Waals surface area contributed by atoms with Gasteiger partial charge >= 0.3 is 12.1 Å². The largest absolute Gasteiger partial charge is 0.460 e. The number of alkyl halides is 3. The van der Waals surface area contributed by atoms with Crippen LogP contribution in [0.4, 0.5) is 19.0 Å². The molecule has 0 bridgehead atoms. The Labute approximate surface area is 255 Å². The van der Waals surface area contributed by atoms with Crippen molar-refractivity contribution in [2.24, 2.45) is 0 Å². The van der Waals surface area contributed by atoms with Crippen molar-refractivity contribution in [3.05, 3.63) is 52.7 Å². The number of aromatic nitrogens is 2. The number of esters is 1. The minimum absolute atomic E-state index is 0.105. The number of ketones is 1. The SMILES string of the molecule is CN(c1ncnc2sc(CC(F)(F)F)cc12)[C@@H]1CC[C@H](NCc2ccc(C(=O)CCCCCC(=O)OC(C)(C)C)cc2)C1. The first-order valence-electron chi connectivity index (χ1n) is 14.9. The lowest BCUT2D eigenvalue weighted by Gasteiger charge is -2.26. The highest BCUT2D eigenvalue weighted by Crippen LogP contribution is 2.36. The van der Waals surface area contributed by atoms with Crippen LogP contribution >= 0.6 is 11.3 Å². The quantitative estimate of drug-likeness (QED) is 0.121. The van der Waals surface area contributed by atoms with Gasteiger partial charge in [-0.05, 0) is 64.5 Å². The van der Waals surface area contributed by atoms with Gasteiger partial charge in [-0.25, -0.2) is 9.97 Å². The molecule has 1 aliphatic rings. The van der Waals surface area contributed by atoms with E-state index in [-0.39, 0.29) is 22.7 Å². The van der Waals surface area contributed by atoms with Crippen LogP contribution in [0.2, 0.25) is 0 Å². The number of carbonyl (C=O) groups is 2. The standard InChI is InChI=1S/C32H41F3N4O3S/c1-31(2,3)42-28(41)9-7-5-6-8-27(40)22-12-10-21(11-13-22)19-36-23-14-15-24(16-23)39(4)29-26-17-25(18-32(33,34)35)43-30(26)38-20-37-29/h10-13,17,20,23-24,36H,5-9,14-16,18-19H2,1-4H3/t23-,24+/m0/s1. The fourth-order valence-electron chi connectivity index (χ4n) is 5.47. The number of hydrogen-bond donors (Lipinski definition) is 1. The number of unbranched alkanes of at least 4 members (excludes halogenated alkanes) is 2. The fraction of sp³-hybridized carbons (Fsp3) is 0.562. The van der Waals surface area contributed by atoms with E-state index in [1.165, 1.54) is 6.33 Å². The first-order valence-corrected chi connectivity index (χ1v) is 15.7. The molecule has 1 aliphatic carbocycles. The molecule has 3 aromatic rings. The molecule has 4 rings (SSSR count). The third kappa shape index (κ3) is 9.99. The van der Waals surface area contributed by atoms with Crippen LogP contribution in [-0.2, 0) is 22.5 Å². The predicted octanol–water partition coefficient (Wildman–Crippen LogP) is 7.42. The van der Waals surface area contributed by atoms with Crippen molar-refractivity contribution >= 4 is 39.1 Å². The zero-order valence-corrected chi connectivity index (χ0v) is 26.1. The molecule has 7 nitrogen and oxygen atoms in total. The minimum Gasteiger partial charge on any atom is -0.460 e. The van der Waals surface area contributed by atoms with E-state index in [0.717, 1.165) is 49.0 Å². The molecule has 43 heavy (non-hydrogen) atoms. The van der Waals surface area contributed by atoms with E-state index in [2.05, 4.69) is 20.2 Å². The summed E-state index contributed by atoms with van der Waals surface area (Å²) < 4.78 is 44.1. The maximum atomic E-state index is 12.9. The topological polar surface area (TPSA) is 84.4 Å². The maximum absolute atomic E-state index is 12.9. The lowest BCUT2D eigenvalue weighted by atomic mass is 10.0. The van der Waals surface area contributed by atoms with Crippen LogP contribution in [0.1, 0.15) is 92.9 Å². The summed E-state index contributed by atoms with van der Waals surface area (Å²) in [6.07, 6.45) is 2.12. The molecule has 0 saturated heterocycles. The van der Waals surface area contributed by atoms with E-state index in [4.69, 9.17) is 4.74 Å². The Morgan fingerprint density at radius 3 is 2.47 bits per heavy atom. The van der Waals surface area contributed by atoms with Gasteiger partial charge in [0, 0.05) is 49.0 Å². The highest BCUT2D eigenvalue weighted by molar-refractivity contribution is 7.18. The number of benzene rings is 1. The molecule has 2 aromatic heterocycles. The number of carbonyl (C=O) groups excluding carboxylic acids is 2. The van der Waals surface area contributed by atoms with Crippen molar-refractivity contribution in [3.63, 3.8) is 0 Å². The first-order chi connectivity index (χ1) is 20.3. The zero-order valence-electron chi connectivity index (χ0n) is 25.3. The summed E-state index contributed by atoms with van der Waals surface area (Å²) in [4.78, 5) is 35.9. The van der Waals surface area contributed by atoms with Crippen LogP contribution in [0.15, 0.2) is 36.7 Å². The summed E-state index contributed by atoms with van der Waals surface area (Å²) in [5, 5.41) is 4.28. The predicted molar refractivity (Wildman–Crippen MR) is 164 cm³/mol. The van der Waals surface area contributed by atoms with E-state index in [1.54, 1.807) is 6.07 Å². The molecule has 1 aromatic carbocycles. The normalized spacial score (nSPS) is 17.4. The summed E-state index contributed by atoms with van der Waals surface area (Å²) >= 11 is 1.07. The molecule has 234 valence electrons. The van der Waals surface area contributed by atoms with Gasteiger partial charge in [-0.3, -0.25) is 9.59 Å². The summed E-state index contributed by atoms with van der Waals surface area (Å²) in [6.45, 7) is 6.24. The highest BCUT2D eigenvalue weighted by Gasteiger charge is 2.31. The Morgan fingerprint density at radius 1 is 1.05 bits per heavy atom. The van der Waals surface area contributed by atoms with Gasteiger partial charge in [0.1, 0.15) is 22.6 Å².